The van der Waals surface area contributed by atoms with Crippen molar-refractivity contribution in [2.45, 2.75) is 0 Å². The number of benzene rings is 1. The summed E-state index contributed by atoms with van der Waals surface area (Å²) < 4.78 is 0. The van der Waals surface area contributed by atoms with Gasteiger partial charge in [0.15, 0.2) is 0 Å². The van der Waals surface area contributed by atoms with Gasteiger partial charge in [-0.15, -0.1) is 0 Å². The molecule has 0 spiro atoms. The number of nitrogens with one attached hydrogen (secondary N) is 2. The van der Waals surface area contributed by atoms with Crippen LogP contribution in [0.2, 0.25) is 5.02 Å². The van der Waals surface area contributed by atoms with Crippen LogP contribution in [0, 0.1) is 11.3 Å². The lowest BCUT2D eigenvalue weighted by molar-refractivity contribution is -0.131. The van der Waals surface area contributed by atoms with Gasteiger partial charge in [-0.1, -0.05) is 11.6 Å². The van der Waals surface area contributed by atoms with Gasteiger partial charge in [-0.05, 0) is 18.2 Å². The van der Waals surface area contributed by atoms with E-state index in [-0.39, 0.29) is 11.3 Å². The van der Waals surface area contributed by atoms with Crippen molar-refractivity contribution in [3.63, 3.8) is 0 Å². The third-order valence-corrected chi connectivity index (χ3v) is 2.20. The Kier molecular flexibility index (Phi) is 5.26. The first-order valence-corrected chi connectivity index (χ1v) is 5.53. The van der Waals surface area contributed by atoms with Gasteiger partial charge in [0.2, 0.25) is 0 Å². The number of hydrogen-bond donors (Lipinski definition) is 3. The van der Waals surface area contributed by atoms with Crippen LogP contribution in [0.15, 0.2) is 30.4 Å². The van der Waals surface area contributed by atoms with E-state index in [1.54, 1.807) is 0 Å². The molecule has 0 saturated carbocycles. The van der Waals surface area contributed by atoms with E-state index in [0.717, 1.165) is 0 Å². The predicted molar refractivity (Wildman–Crippen MR) is 70.1 cm³/mol. The summed E-state index contributed by atoms with van der Waals surface area (Å²) in [5.74, 6) is -2.23. The number of imide groups is 1. The fraction of sp³-hybridized carbons (Fsp3) is 0. The van der Waals surface area contributed by atoms with Gasteiger partial charge >= 0.3 is 12.0 Å². The van der Waals surface area contributed by atoms with Gasteiger partial charge in [-0.25, -0.2) is 9.59 Å². The van der Waals surface area contributed by atoms with Crippen molar-refractivity contribution >= 4 is 35.2 Å². The summed E-state index contributed by atoms with van der Waals surface area (Å²) in [5.41, 5.74) is 0.297. The van der Waals surface area contributed by atoms with Crippen molar-refractivity contribution in [3.05, 3.63) is 40.9 Å². The lowest BCUT2D eigenvalue weighted by Gasteiger charge is -2.07. The molecule has 1 rings (SSSR count). The van der Waals surface area contributed by atoms with Crippen molar-refractivity contribution in [3.8, 4) is 6.07 Å². The van der Waals surface area contributed by atoms with E-state index in [0.29, 0.717) is 17.2 Å². The number of aliphatic carboxylic acids is 1. The van der Waals surface area contributed by atoms with Crippen LogP contribution in [-0.2, 0) is 9.59 Å². The molecule has 1 aromatic carbocycles. The zero-order valence-electron chi connectivity index (χ0n) is 9.88. The topological polar surface area (TPSA) is 119 Å². The molecule has 0 fully saturated rings. The van der Waals surface area contributed by atoms with Crippen LogP contribution in [0.4, 0.5) is 10.5 Å². The molecule has 0 aliphatic carbocycles. The molecule has 0 unspecified atom stereocenters. The van der Waals surface area contributed by atoms with Crippen molar-refractivity contribution in [2.24, 2.45) is 0 Å². The minimum atomic E-state index is -1.32. The summed E-state index contributed by atoms with van der Waals surface area (Å²) in [6, 6.07) is 5.16. The number of urea groups is 1. The van der Waals surface area contributed by atoms with E-state index in [2.05, 4.69) is 5.32 Å². The number of rotatable bonds is 3. The van der Waals surface area contributed by atoms with Crippen molar-refractivity contribution in [1.29, 1.82) is 5.26 Å². The van der Waals surface area contributed by atoms with Gasteiger partial charge in [-0.3, -0.25) is 10.1 Å². The highest BCUT2D eigenvalue weighted by molar-refractivity contribution is 6.31. The van der Waals surface area contributed by atoms with E-state index in [1.165, 1.54) is 18.2 Å². The Morgan fingerprint density at radius 2 is 2.00 bits per heavy atom. The predicted octanol–water partition coefficient (Wildman–Crippen LogP) is 1.50. The van der Waals surface area contributed by atoms with Crippen molar-refractivity contribution in [2.75, 3.05) is 5.32 Å². The van der Waals surface area contributed by atoms with Crippen molar-refractivity contribution in [1.82, 2.24) is 5.32 Å². The molecule has 0 aliphatic rings. The highest BCUT2D eigenvalue weighted by Gasteiger charge is 2.09. The first kappa shape index (κ1) is 15.2. The molecule has 0 aromatic heterocycles. The number of amides is 3. The smallest absolute Gasteiger partial charge is 0.328 e. The Morgan fingerprint density at radius 3 is 2.60 bits per heavy atom. The Bertz CT molecular complexity index is 634. The second-order valence-corrected chi connectivity index (χ2v) is 3.85. The zero-order valence-corrected chi connectivity index (χ0v) is 10.6. The molecule has 102 valence electrons. The van der Waals surface area contributed by atoms with Gasteiger partial charge < -0.3 is 10.4 Å². The molecule has 8 heteroatoms. The third kappa shape index (κ3) is 4.80. The summed E-state index contributed by atoms with van der Waals surface area (Å²) in [5, 5.41) is 21.6. The van der Waals surface area contributed by atoms with Gasteiger partial charge in [0.25, 0.3) is 5.91 Å². The number of carbonyl (C=O) groups is 3. The fourth-order valence-electron chi connectivity index (χ4n) is 1.17. The average Bonchev–Trinajstić information content (AvgIpc) is 2.36. The molecule has 0 saturated heterocycles. The third-order valence-electron chi connectivity index (χ3n) is 1.96. The molecule has 3 amide bonds. The van der Waals surface area contributed by atoms with Crippen LogP contribution in [0.3, 0.4) is 0 Å². The van der Waals surface area contributed by atoms with E-state index < -0.39 is 17.9 Å². The first-order chi connectivity index (χ1) is 9.42. The van der Waals surface area contributed by atoms with Crippen LogP contribution in [0.1, 0.15) is 5.56 Å². The van der Waals surface area contributed by atoms with Gasteiger partial charge in [0, 0.05) is 17.2 Å². The van der Waals surface area contributed by atoms with Gasteiger partial charge in [-0.2, -0.15) is 5.26 Å². The number of carboxylic acid groups (broad SMARTS) is 1. The second-order valence-electron chi connectivity index (χ2n) is 3.42. The molecule has 0 atom stereocenters. The molecule has 3 N–H and O–H groups in total. The van der Waals surface area contributed by atoms with Crippen LogP contribution in [-0.4, -0.2) is 23.0 Å². The van der Waals surface area contributed by atoms with E-state index in [9.17, 15) is 14.4 Å². The zero-order chi connectivity index (χ0) is 15.1. The van der Waals surface area contributed by atoms with Crippen LogP contribution in [0.5, 0.6) is 0 Å². The summed E-state index contributed by atoms with van der Waals surface area (Å²) in [6.45, 7) is 0. The maximum absolute atomic E-state index is 11.5. The van der Waals surface area contributed by atoms with Gasteiger partial charge in [0.05, 0.1) is 11.3 Å². The molecule has 0 aliphatic heterocycles. The molecular weight excluding hydrogens is 286 g/mol. The summed E-state index contributed by atoms with van der Waals surface area (Å²) >= 11 is 5.72. The van der Waals surface area contributed by atoms with Crippen LogP contribution < -0.4 is 10.6 Å². The standard InChI is InChI=1S/C12H8ClN3O4/c13-8-2-1-7(6-14)9(5-8)15-12(20)16-10(17)3-4-11(18)19/h1-5H,(H,18,19)(H2,15,16,17,20). The van der Waals surface area contributed by atoms with Gasteiger partial charge in [0.1, 0.15) is 6.07 Å². The van der Waals surface area contributed by atoms with E-state index in [4.69, 9.17) is 22.0 Å². The largest absolute Gasteiger partial charge is 0.478 e. The highest BCUT2D eigenvalue weighted by Crippen LogP contribution is 2.20. The van der Waals surface area contributed by atoms with E-state index >= 15 is 0 Å². The number of anilines is 1. The monoisotopic (exact) mass is 293 g/mol. The number of halogens is 1. The number of nitriles is 1. The Morgan fingerprint density at radius 1 is 1.30 bits per heavy atom. The second kappa shape index (κ2) is 6.92. The number of hydrogen-bond acceptors (Lipinski definition) is 4. The Labute approximate surface area is 118 Å². The molecular formula is C12H8ClN3O4. The molecule has 7 nitrogen and oxygen atoms in total. The normalized spacial score (nSPS) is 9.80. The highest BCUT2D eigenvalue weighted by atomic mass is 35.5. The number of carbonyl (C=O) groups excluding carboxylic acids is 2. The minimum absolute atomic E-state index is 0.132. The first-order valence-electron chi connectivity index (χ1n) is 5.15. The molecule has 0 bridgehead atoms. The maximum atomic E-state index is 11.5. The van der Waals surface area contributed by atoms with Crippen LogP contribution >= 0.6 is 11.6 Å². The fourth-order valence-corrected chi connectivity index (χ4v) is 1.34. The number of nitrogens with zero attached hydrogens (tertiary/aromatic N) is 1. The molecule has 20 heavy (non-hydrogen) atoms. The molecule has 1 aromatic rings. The average molecular weight is 294 g/mol. The maximum Gasteiger partial charge on any atom is 0.328 e. The lowest BCUT2D eigenvalue weighted by Crippen LogP contribution is -2.33. The van der Waals surface area contributed by atoms with E-state index in [1.807, 2.05) is 11.4 Å². The minimum Gasteiger partial charge on any atom is -0.478 e. The Balaban J connectivity index is 2.72. The summed E-state index contributed by atoms with van der Waals surface area (Å²) in [4.78, 5) is 32.8. The number of carboxylic acids is 1. The Hall–Kier alpha value is -2.85. The van der Waals surface area contributed by atoms with Crippen LogP contribution in [0.25, 0.3) is 0 Å². The summed E-state index contributed by atoms with van der Waals surface area (Å²) in [7, 11) is 0. The van der Waals surface area contributed by atoms with Crippen molar-refractivity contribution < 1.29 is 19.5 Å². The molecule has 0 radical (unpaired) electrons. The summed E-state index contributed by atoms with van der Waals surface area (Å²) in [6.07, 6.45) is 1.27. The SMILES string of the molecule is N#Cc1ccc(Cl)cc1NC(=O)NC(=O)C=CC(=O)O. The molecule has 0 heterocycles. The lowest BCUT2D eigenvalue weighted by atomic mass is 10.2. The quantitative estimate of drug-likeness (QED) is 0.730.